The molecular weight excluding hydrogens is 237 g/mol. The van der Waals surface area contributed by atoms with Crippen LogP contribution in [0.25, 0.3) is 0 Å². The van der Waals surface area contributed by atoms with Gasteiger partial charge in [0.05, 0.1) is 13.5 Å². The van der Waals surface area contributed by atoms with E-state index in [9.17, 15) is 23.1 Å². The zero-order valence-electron chi connectivity index (χ0n) is 8.99. The normalized spacial score (nSPS) is 15.1. The smallest absolute Gasteiger partial charge is 0.422 e. The van der Waals surface area contributed by atoms with Gasteiger partial charge in [-0.1, -0.05) is 30.3 Å². The molecule has 0 spiro atoms. The summed E-state index contributed by atoms with van der Waals surface area (Å²) >= 11 is 0. The molecule has 3 nitrogen and oxygen atoms in total. The number of aliphatic hydroxyl groups is 1. The van der Waals surface area contributed by atoms with E-state index < -0.39 is 29.7 Å². The number of carbonyl (C=O) groups is 1. The second kappa shape index (κ2) is 4.75. The lowest BCUT2D eigenvalue weighted by atomic mass is 9.90. The van der Waals surface area contributed by atoms with Crippen molar-refractivity contribution in [3.8, 4) is 0 Å². The Hall–Kier alpha value is -1.56. The molecule has 0 fully saturated rings. The Morgan fingerprint density at radius 3 is 2.24 bits per heavy atom. The molecular formula is C11H11F3O3. The van der Waals surface area contributed by atoms with Gasteiger partial charge in [0.2, 0.25) is 0 Å². The second-order valence-corrected chi connectivity index (χ2v) is 3.48. The lowest BCUT2D eigenvalue weighted by Crippen LogP contribution is -2.44. The van der Waals surface area contributed by atoms with Crippen LogP contribution in [-0.2, 0) is 15.1 Å². The highest BCUT2D eigenvalue weighted by molar-refractivity contribution is 5.71. The summed E-state index contributed by atoms with van der Waals surface area (Å²) in [6.07, 6.45) is -6.13. The zero-order valence-corrected chi connectivity index (χ0v) is 8.99. The summed E-state index contributed by atoms with van der Waals surface area (Å²) in [6, 6.07) is 6.43. The fourth-order valence-corrected chi connectivity index (χ4v) is 1.36. The zero-order chi connectivity index (χ0) is 13.1. The third-order valence-electron chi connectivity index (χ3n) is 2.35. The largest absolute Gasteiger partial charge is 0.469 e. The van der Waals surface area contributed by atoms with Crippen molar-refractivity contribution in [3.05, 3.63) is 35.9 Å². The maximum Gasteiger partial charge on any atom is 0.422 e. The minimum Gasteiger partial charge on any atom is -0.469 e. The van der Waals surface area contributed by atoms with Crippen LogP contribution in [0, 0.1) is 0 Å². The lowest BCUT2D eigenvalue weighted by Gasteiger charge is -2.29. The third kappa shape index (κ3) is 2.76. The number of rotatable bonds is 3. The van der Waals surface area contributed by atoms with E-state index >= 15 is 0 Å². The highest BCUT2D eigenvalue weighted by Gasteiger charge is 2.56. The molecule has 0 saturated heterocycles. The molecule has 0 bridgehead atoms. The Labute approximate surface area is 95.8 Å². The first-order chi connectivity index (χ1) is 7.81. The molecule has 0 aliphatic carbocycles. The Balaban J connectivity index is 3.16. The van der Waals surface area contributed by atoms with E-state index in [4.69, 9.17) is 0 Å². The molecule has 1 unspecified atom stereocenters. The van der Waals surface area contributed by atoms with Gasteiger partial charge in [0, 0.05) is 0 Å². The number of benzene rings is 1. The van der Waals surface area contributed by atoms with Crippen LogP contribution in [-0.4, -0.2) is 24.4 Å². The lowest BCUT2D eigenvalue weighted by molar-refractivity contribution is -0.269. The predicted molar refractivity (Wildman–Crippen MR) is 53.0 cm³/mol. The average Bonchev–Trinajstić information content (AvgIpc) is 2.28. The molecule has 1 aromatic carbocycles. The van der Waals surface area contributed by atoms with Crippen molar-refractivity contribution < 1.29 is 27.8 Å². The molecule has 1 atom stereocenters. The molecule has 1 aromatic rings. The highest BCUT2D eigenvalue weighted by atomic mass is 19.4. The van der Waals surface area contributed by atoms with Gasteiger partial charge in [-0.25, -0.2) is 0 Å². The number of esters is 1. The number of alkyl halides is 3. The fraction of sp³-hybridized carbons (Fsp3) is 0.364. The molecule has 0 aliphatic rings. The van der Waals surface area contributed by atoms with E-state index in [2.05, 4.69) is 4.74 Å². The van der Waals surface area contributed by atoms with E-state index in [1.165, 1.54) is 18.2 Å². The summed E-state index contributed by atoms with van der Waals surface area (Å²) < 4.78 is 42.7. The van der Waals surface area contributed by atoms with Crippen LogP contribution in [0.1, 0.15) is 12.0 Å². The van der Waals surface area contributed by atoms with Crippen LogP contribution in [0.2, 0.25) is 0 Å². The van der Waals surface area contributed by atoms with Gasteiger partial charge in [0.15, 0.2) is 5.60 Å². The van der Waals surface area contributed by atoms with Crippen molar-refractivity contribution in [2.24, 2.45) is 0 Å². The SMILES string of the molecule is COC(=O)CC(O)(c1ccccc1)C(F)(F)F. The Morgan fingerprint density at radius 1 is 1.29 bits per heavy atom. The Morgan fingerprint density at radius 2 is 1.82 bits per heavy atom. The molecule has 17 heavy (non-hydrogen) atoms. The monoisotopic (exact) mass is 248 g/mol. The number of carbonyl (C=O) groups excluding carboxylic acids is 1. The van der Waals surface area contributed by atoms with Crippen LogP contribution in [0.4, 0.5) is 13.2 Å². The van der Waals surface area contributed by atoms with Crippen LogP contribution in [0.15, 0.2) is 30.3 Å². The number of halogens is 3. The van der Waals surface area contributed by atoms with E-state index in [-0.39, 0.29) is 0 Å². The average molecular weight is 248 g/mol. The first kappa shape index (κ1) is 13.5. The van der Waals surface area contributed by atoms with Gasteiger partial charge in [0.25, 0.3) is 0 Å². The number of methoxy groups -OCH3 is 1. The van der Waals surface area contributed by atoms with Crippen LogP contribution >= 0.6 is 0 Å². The molecule has 0 aromatic heterocycles. The maximum absolute atomic E-state index is 12.8. The van der Waals surface area contributed by atoms with Gasteiger partial charge >= 0.3 is 12.1 Å². The van der Waals surface area contributed by atoms with E-state index in [1.54, 1.807) is 0 Å². The standard InChI is InChI=1S/C11H11F3O3/c1-17-9(15)7-10(16,11(12,13)14)8-5-3-2-4-6-8/h2-6,16H,7H2,1H3. The molecule has 0 saturated carbocycles. The predicted octanol–water partition coefficient (Wildman–Crippen LogP) is 2.00. The summed E-state index contributed by atoms with van der Waals surface area (Å²) in [7, 11) is 0.962. The molecule has 0 heterocycles. The van der Waals surface area contributed by atoms with Gasteiger partial charge < -0.3 is 9.84 Å². The van der Waals surface area contributed by atoms with E-state index in [0.717, 1.165) is 19.2 Å². The minimum atomic E-state index is -4.96. The van der Waals surface area contributed by atoms with Crippen LogP contribution in [0.5, 0.6) is 0 Å². The summed E-state index contributed by atoms with van der Waals surface area (Å²) in [5.74, 6) is -1.13. The maximum atomic E-state index is 12.8. The fourth-order valence-electron chi connectivity index (χ4n) is 1.36. The van der Waals surface area contributed by atoms with Crippen molar-refractivity contribution in [3.63, 3.8) is 0 Å². The van der Waals surface area contributed by atoms with Crippen molar-refractivity contribution in [2.75, 3.05) is 7.11 Å². The summed E-state index contributed by atoms with van der Waals surface area (Å²) in [5.41, 5.74) is -3.61. The third-order valence-corrected chi connectivity index (χ3v) is 2.35. The topological polar surface area (TPSA) is 46.5 Å². The van der Waals surface area contributed by atoms with Crippen LogP contribution in [0.3, 0.4) is 0 Å². The van der Waals surface area contributed by atoms with Gasteiger partial charge in [-0.05, 0) is 5.56 Å². The number of hydrogen-bond donors (Lipinski definition) is 1. The molecule has 0 amide bonds. The van der Waals surface area contributed by atoms with E-state index in [0.29, 0.717) is 0 Å². The van der Waals surface area contributed by atoms with Crippen LogP contribution < -0.4 is 0 Å². The van der Waals surface area contributed by atoms with Gasteiger partial charge in [0.1, 0.15) is 0 Å². The molecule has 1 rings (SSSR count). The highest BCUT2D eigenvalue weighted by Crippen LogP contribution is 2.41. The Bertz CT molecular complexity index is 389. The molecule has 0 aliphatic heterocycles. The van der Waals surface area contributed by atoms with Crippen molar-refractivity contribution in [1.29, 1.82) is 0 Å². The van der Waals surface area contributed by atoms with Crippen molar-refractivity contribution in [2.45, 2.75) is 18.2 Å². The number of ether oxygens (including phenoxy) is 1. The van der Waals surface area contributed by atoms with Gasteiger partial charge in [-0.15, -0.1) is 0 Å². The second-order valence-electron chi connectivity index (χ2n) is 3.48. The quantitative estimate of drug-likeness (QED) is 0.832. The Kier molecular flexibility index (Phi) is 3.77. The number of hydrogen-bond acceptors (Lipinski definition) is 3. The summed E-state index contributed by atoms with van der Waals surface area (Å²) in [4.78, 5) is 11.0. The van der Waals surface area contributed by atoms with Crippen molar-refractivity contribution in [1.82, 2.24) is 0 Å². The first-order valence-electron chi connectivity index (χ1n) is 4.72. The van der Waals surface area contributed by atoms with Gasteiger partial charge in [-0.2, -0.15) is 13.2 Å². The van der Waals surface area contributed by atoms with Crippen molar-refractivity contribution >= 4 is 5.97 Å². The van der Waals surface area contributed by atoms with Gasteiger partial charge in [-0.3, -0.25) is 4.79 Å². The summed E-state index contributed by atoms with van der Waals surface area (Å²) in [6.45, 7) is 0. The molecule has 94 valence electrons. The first-order valence-corrected chi connectivity index (χ1v) is 4.72. The minimum absolute atomic E-state index is 0.391. The molecule has 6 heteroatoms. The van der Waals surface area contributed by atoms with E-state index in [1.807, 2.05) is 0 Å². The molecule has 0 radical (unpaired) electrons. The molecule has 1 N–H and O–H groups in total. The summed E-state index contributed by atoms with van der Waals surface area (Å²) in [5, 5.41) is 9.69.